The zero-order valence-electron chi connectivity index (χ0n) is 12.4. The van der Waals surface area contributed by atoms with Crippen molar-refractivity contribution in [2.75, 3.05) is 33.3 Å². The molecule has 1 heterocycles. The number of rotatable bonds is 6. The minimum atomic E-state index is -0.331. The molecule has 0 aromatic carbocycles. The summed E-state index contributed by atoms with van der Waals surface area (Å²) in [4.78, 5) is 38.4. The molecular formula is C14H24N2O4. The van der Waals surface area contributed by atoms with Crippen LogP contribution in [-0.2, 0) is 19.1 Å². The summed E-state index contributed by atoms with van der Waals surface area (Å²) < 4.78 is 4.57. The summed E-state index contributed by atoms with van der Waals surface area (Å²) in [6.45, 7) is 3.49. The number of hydrogen-bond donors (Lipinski definition) is 0. The van der Waals surface area contributed by atoms with E-state index >= 15 is 0 Å². The van der Waals surface area contributed by atoms with Crippen molar-refractivity contribution in [2.45, 2.75) is 39.0 Å². The molecule has 0 radical (unpaired) electrons. The molecule has 1 aliphatic rings. The average Bonchev–Trinajstić information content (AvgIpc) is 2.64. The number of likely N-dealkylation sites (N-methyl/N-ethyl adjacent to an activating group) is 1. The topological polar surface area (TPSA) is 66.9 Å². The first-order valence-corrected chi connectivity index (χ1v) is 7.20. The highest BCUT2D eigenvalue weighted by atomic mass is 16.5. The molecule has 1 fully saturated rings. The predicted octanol–water partition coefficient (Wildman–Crippen LogP) is 0.801. The van der Waals surface area contributed by atoms with Crippen molar-refractivity contribution in [1.29, 1.82) is 0 Å². The minimum Gasteiger partial charge on any atom is -0.469 e. The molecule has 1 saturated heterocycles. The fourth-order valence-corrected chi connectivity index (χ4v) is 2.26. The summed E-state index contributed by atoms with van der Waals surface area (Å²) in [5.41, 5.74) is 0. The van der Waals surface area contributed by atoms with Gasteiger partial charge >= 0.3 is 5.97 Å². The monoisotopic (exact) mass is 284 g/mol. The number of ether oxygens (including phenoxy) is 1. The molecule has 0 saturated carbocycles. The molecule has 0 unspecified atom stereocenters. The van der Waals surface area contributed by atoms with Gasteiger partial charge in [0.05, 0.1) is 20.1 Å². The second-order valence-corrected chi connectivity index (χ2v) is 4.93. The molecule has 6 nitrogen and oxygen atoms in total. The molecule has 1 rings (SSSR count). The number of esters is 1. The molecule has 0 aromatic heterocycles. The smallest absolute Gasteiger partial charge is 0.307 e. The van der Waals surface area contributed by atoms with Crippen LogP contribution in [0.2, 0.25) is 0 Å². The van der Waals surface area contributed by atoms with Gasteiger partial charge < -0.3 is 14.5 Å². The first-order valence-electron chi connectivity index (χ1n) is 7.20. The SMILES string of the molecule is CCN(CCC(=O)OC)C(=O)CN1CCCCCC1=O. The third-order valence-electron chi connectivity index (χ3n) is 3.55. The van der Waals surface area contributed by atoms with Crippen LogP contribution < -0.4 is 0 Å². The summed E-state index contributed by atoms with van der Waals surface area (Å²) in [5, 5.41) is 0. The van der Waals surface area contributed by atoms with E-state index in [2.05, 4.69) is 4.74 Å². The molecular weight excluding hydrogens is 260 g/mol. The summed E-state index contributed by atoms with van der Waals surface area (Å²) >= 11 is 0. The van der Waals surface area contributed by atoms with Gasteiger partial charge in [0.25, 0.3) is 0 Å². The summed E-state index contributed by atoms with van der Waals surface area (Å²) in [6.07, 6.45) is 3.61. The van der Waals surface area contributed by atoms with E-state index in [4.69, 9.17) is 0 Å². The molecule has 0 atom stereocenters. The average molecular weight is 284 g/mol. The van der Waals surface area contributed by atoms with Crippen molar-refractivity contribution in [3.8, 4) is 0 Å². The van der Waals surface area contributed by atoms with Gasteiger partial charge in [-0.25, -0.2) is 0 Å². The van der Waals surface area contributed by atoms with Crippen molar-refractivity contribution >= 4 is 17.8 Å². The normalized spacial score (nSPS) is 15.7. The minimum absolute atomic E-state index is 0.0554. The molecule has 2 amide bonds. The lowest BCUT2D eigenvalue weighted by atomic mass is 10.2. The van der Waals surface area contributed by atoms with Crippen molar-refractivity contribution in [3.63, 3.8) is 0 Å². The molecule has 20 heavy (non-hydrogen) atoms. The highest BCUT2D eigenvalue weighted by molar-refractivity contribution is 5.85. The van der Waals surface area contributed by atoms with Crippen LogP contribution in [0.15, 0.2) is 0 Å². The Kier molecular flexibility index (Phi) is 7.04. The molecule has 0 N–H and O–H groups in total. The van der Waals surface area contributed by atoms with E-state index in [9.17, 15) is 14.4 Å². The van der Waals surface area contributed by atoms with Crippen LogP contribution in [0.1, 0.15) is 39.0 Å². The highest BCUT2D eigenvalue weighted by Gasteiger charge is 2.22. The second-order valence-electron chi connectivity index (χ2n) is 4.93. The van der Waals surface area contributed by atoms with Crippen molar-refractivity contribution in [1.82, 2.24) is 9.80 Å². The fraction of sp³-hybridized carbons (Fsp3) is 0.786. The van der Waals surface area contributed by atoms with Crippen LogP contribution in [0.25, 0.3) is 0 Å². The third-order valence-corrected chi connectivity index (χ3v) is 3.55. The van der Waals surface area contributed by atoms with Gasteiger partial charge in [0.2, 0.25) is 11.8 Å². The fourth-order valence-electron chi connectivity index (χ4n) is 2.26. The second kappa shape index (κ2) is 8.55. The Morgan fingerprint density at radius 3 is 2.70 bits per heavy atom. The standard InChI is InChI=1S/C14H24N2O4/c1-3-15(10-8-14(19)20-2)13(18)11-16-9-6-4-5-7-12(16)17/h3-11H2,1-2H3. The Morgan fingerprint density at radius 2 is 2.05 bits per heavy atom. The van der Waals surface area contributed by atoms with E-state index in [1.807, 2.05) is 6.92 Å². The van der Waals surface area contributed by atoms with Crippen LogP contribution in [0, 0.1) is 0 Å². The van der Waals surface area contributed by atoms with Crippen molar-refractivity contribution < 1.29 is 19.1 Å². The molecule has 0 aliphatic carbocycles. The summed E-state index contributed by atoms with van der Waals surface area (Å²) in [6, 6.07) is 0. The van der Waals surface area contributed by atoms with Gasteiger partial charge in [-0.05, 0) is 19.8 Å². The van der Waals surface area contributed by atoms with Crippen LogP contribution in [-0.4, -0.2) is 60.9 Å². The maximum atomic E-state index is 12.2. The first kappa shape index (κ1) is 16.5. The molecule has 0 bridgehead atoms. The van der Waals surface area contributed by atoms with E-state index in [-0.39, 0.29) is 30.7 Å². The van der Waals surface area contributed by atoms with Crippen LogP contribution in [0.5, 0.6) is 0 Å². The zero-order valence-corrected chi connectivity index (χ0v) is 12.4. The van der Waals surface area contributed by atoms with Gasteiger partial charge in [0.15, 0.2) is 0 Å². The van der Waals surface area contributed by atoms with Crippen LogP contribution >= 0.6 is 0 Å². The van der Waals surface area contributed by atoms with Gasteiger partial charge in [0, 0.05) is 26.1 Å². The third kappa shape index (κ3) is 5.19. The largest absolute Gasteiger partial charge is 0.469 e. The maximum absolute atomic E-state index is 12.2. The molecule has 0 spiro atoms. The van der Waals surface area contributed by atoms with Crippen LogP contribution in [0.4, 0.5) is 0 Å². The van der Waals surface area contributed by atoms with Gasteiger partial charge in [-0.1, -0.05) is 6.42 Å². The number of likely N-dealkylation sites (tertiary alicyclic amines) is 1. The Bertz CT molecular complexity index is 357. The molecule has 114 valence electrons. The molecule has 1 aliphatic heterocycles. The van der Waals surface area contributed by atoms with Crippen LogP contribution in [0.3, 0.4) is 0 Å². The van der Waals surface area contributed by atoms with Gasteiger partial charge in [-0.2, -0.15) is 0 Å². The Labute approximate surface area is 120 Å². The Balaban J connectivity index is 2.48. The molecule has 6 heteroatoms. The lowest BCUT2D eigenvalue weighted by Gasteiger charge is -2.25. The number of carbonyl (C=O) groups excluding carboxylic acids is 3. The summed E-state index contributed by atoms with van der Waals surface area (Å²) in [5.74, 6) is -0.381. The number of hydrogen-bond acceptors (Lipinski definition) is 4. The Hall–Kier alpha value is -1.59. The van der Waals surface area contributed by atoms with Crippen molar-refractivity contribution in [2.24, 2.45) is 0 Å². The number of carbonyl (C=O) groups is 3. The number of methoxy groups -OCH3 is 1. The molecule has 0 aromatic rings. The lowest BCUT2D eigenvalue weighted by Crippen LogP contribution is -2.43. The number of amides is 2. The van der Waals surface area contributed by atoms with E-state index in [1.165, 1.54) is 7.11 Å². The van der Waals surface area contributed by atoms with E-state index in [1.54, 1.807) is 9.80 Å². The van der Waals surface area contributed by atoms with E-state index in [0.717, 1.165) is 19.3 Å². The lowest BCUT2D eigenvalue weighted by molar-refractivity contribution is -0.143. The first-order chi connectivity index (χ1) is 9.58. The van der Waals surface area contributed by atoms with Gasteiger partial charge in [-0.3, -0.25) is 14.4 Å². The van der Waals surface area contributed by atoms with Gasteiger partial charge in [0.1, 0.15) is 0 Å². The van der Waals surface area contributed by atoms with Crippen molar-refractivity contribution in [3.05, 3.63) is 0 Å². The quantitative estimate of drug-likeness (QED) is 0.677. The Morgan fingerprint density at radius 1 is 1.30 bits per heavy atom. The number of nitrogens with zero attached hydrogens (tertiary/aromatic N) is 2. The predicted molar refractivity (Wildman–Crippen MR) is 73.9 cm³/mol. The zero-order chi connectivity index (χ0) is 15.0. The van der Waals surface area contributed by atoms with E-state index < -0.39 is 0 Å². The highest BCUT2D eigenvalue weighted by Crippen LogP contribution is 2.11. The maximum Gasteiger partial charge on any atom is 0.307 e. The summed E-state index contributed by atoms with van der Waals surface area (Å²) in [7, 11) is 1.33. The van der Waals surface area contributed by atoms with E-state index in [0.29, 0.717) is 26.1 Å². The van der Waals surface area contributed by atoms with Gasteiger partial charge in [-0.15, -0.1) is 0 Å².